The van der Waals surface area contributed by atoms with Gasteiger partial charge in [-0.25, -0.2) is 4.79 Å². The predicted molar refractivity (Wildman–Crippen MR) is 114 cm³/mol. The van der Waals surface area contributed by atoms with E-state index in [2.05, 4.69) is 9.88 Å². The van der Waals surface area contributed by atoms with E-state index >= 15 is 0 Å². The highest BCUT2D eigenvalue weighted by molar-refractivity contribution is 5.94. The molecule has 0 aliphatic carbocycles. The molecule has 6 nitrogen and oxygen atoms in total. The lowest BCUT2D eigenvalue weighted by Crippen LogP contribution is -2.46. The van der Waals surface area contributed by atoms with Gasteiger partial charge in [0, 0.05) is 43.6 Å². The fourth-order valence-corrected chi connectivity index (χ4v) is 4.79. The number of piperidine rings is 1. The van der Waals surface area contributed by atoms with E-state index in [0.29, 0.717) is 23.1 Å². The van der Waals surface area contributed by atoms with E-state index in [0.717, 1.165) is 57.4 Å². The largest absolute Gasteiger partial charge is 0.465 e. The summed E-state index contributed by atoms with van der Waals surface area (Å²) in [5.74, 6) is 0.397. The number of likely N-dealkylation sites (tertiary alicyclic amines) is 2. The molecule has 2 aliphatic heterocycles. The molecular weight excluding hydrogens is 378 g/mol. The molecule has 30 heavy (non-hydrogen) atoms. The molecule has 1 aromatic carbocycles. The van der Waals surface area contributed by atoms with Crippen LogP contribution in [0.2, 0.25) is 0 Å². The lowest BCUT2D eigenvalue weighted by Gasteiger charge is -2.37. The van der Waals surface area contributed by atoms with Gasteiger partial charge in [-0.15, -0.1) is 0 Å². The molecule has 3 heterocycles. The van der Waals surface area contributed by atoms with Gasteiger partial charge in [-0.05, 0) is 61.9 Å². The molecular formula is C24H29N3O3. The smallest absolute Gasteiger partial charge is 0.338 e. The Labute approximate surface area is 177 Å². The molecule has 1 aromatic heterocycles. The van der Waals surface area contributed by atoms with Gasteiger partial charge in [-0.1, -0.05) is 18.2 Å². The fourth-order valence-electron chi connectivity index (χ4n) is 4.79. The average molecular weight is 408 g/mol. The van der Waals surface area contributed by atoms with Crippen molar-refractivity contribution in [1.29, 1.82) is 0 Å². The van der Waals surface area contributed by atoms with Gasteiger partial charge >= 0.3 is 5.97 Å². The zero-order chi connectivity index (χ0) is 20.9. The van der Waals surface area contributed by atoms with Crippen molar-refractivity contribution in [3.05, 3.63) is 65.5 Å². The number of carbonyl (C=O) groups excluding carboxylic acids is 2. The Kier molecular flexibility index (Phi) is 6.43. The molecule has 0 bridgehead atoms. The van der Waals surface area contributed by atoms with Crippen LogP contribution >= 0.6 is 0 Å². The molecule has 1 atom stereocenters. The molecule has 0 saturated carbocycles. The molecule has 0 radical (unpaired) electrons. The van der Waals surface area contributed by atoms with Crippen LogP contribution in [0.1, 0.15) is 45.5 Å². The van der Waals surface area contributed by atoms with Crippen molar-refractivity contribution in [2.75, 3.05) is 33.3 Å². The molecule has 2 fully saturated rings. The predicted octanol–water partition coefficient (Wildman–Crippen LogP) is 3.04. The fraction of sp³-hybridized carbons (Fsp3) is 0.458. The van der Waals surface area contributed by atoms with Gasteiger partial charge in [0.25, 0.3) is 5.91 Å². The number of esters is 1. The molecule has 0 N–H and O–H groups in total. The van der Waals surface area contributed by atoms with Gasteiger partial charge in [0.2, 0.25) is 0 Å². The number of aromatic nitrogens is 1. The van der Waals surface area contributed by atoms with Crippen LogP contribution < -0.4 is 0 Å². The third-order valence-electron chi connectivity index (χ3n) is 6.44. The van der Waals surface area contributed by atoms with Crippen molar-refractivity contribution in [3.63, 3.8) is 0 Å². The van der Waals surface area contributed by atoms with Gasteiger partial charge in [0.15, 0.2) is 0 Å². The second-order valence-corrected chi connectivity index (χ2v) is 8.26. The van der Waals surface area contributed by atoms with Crippen LogP contribution in [0.3, 0.4) is 0 Å². The summed E-state index contributed by atoms with van der Waals surface area (Å²) in [6, 6.07) is 11.9. The minimum absolute atomic E-state index is 0.106. The van der Waals surface area contributed by atoms with E-state index in [1.807, 2.05) is 29.2 Å². The van der Waals surface area contributed by atoms with Crippen LogP contribution in [0.25, 0.3) is 0 Å². The Balaban J connectivity index is 1.30. The molecule has 6 heteroatoms. The zero-order valence-electron chi connectivity index (χ0n) is 17.5. The van der Waals surface area contributed by atoms with Gasteiger partial charge in [0.05, 0.1) is 12.7 Å². The zero-order valence-corrected chi connectivity index (χ0v) is 17.5. The summed E-state index contributed by atoms with van der Waals surface area (Å²) in [5.41, 5.74) is 2.48. The van der Waals surface area contributed by atoms with Crippen LogP contribution in [-0.2, 0) is 11.2 Å². The Morgan fingerprint density at radius 3 is 2.50 bits per heavy atom. The minimum Gasteiger partial charge on any atom is -0.465 e. The normalized spacial score (nSPS) is 20.3. The maximum Gasteiger partial charge on any atom is 0.338 e. The van der Waals surface area contributed by atoms with Crippen molar-refractivity contribution in [2.24, 2.45) is 5.92 Å². The van der Waals surface area contributed by atoms with Crippen molar-refractivity contribution in [1.82, 2.24) is 14.8 Å². The first-order chi connectivity index (χ1) is 14.7. The number of amides is 1. The van der Waals surface area contributed by atoms with Crippen molar-refractivity contribution >= 4 is 11.9 Å². The number of nitrogens with zero attached hydrogens (tertiary/aromatic N) is 3. The van der Waals surface area contributed by atoms with Gasteiger partial charge in [-0.3, -0.25) is 14.7 Å². The summed E-state index contributed by atoms with van der Waals surface area (Å²) < 4.78 is 4.93. The van der Waals surface area contributed by atoms with E-state index in [4.69, 9.17) is 4.74 Å². The molecule has 1 amide bonds. The maximum absolute atomic E-state index is 12.6. The highest BCUT2D eigenvalue weighted by Crippen LogP contribution is 2.28. The summed E-state index contributed by atoms with van der Waals surface area (Å²) in [4.78, 5) is 33.2. The quantitative estimate of drug-likeness (QED) is 0.713. The van der Waals surface area contributed by atoms with Crippen LogP contribution in [0.5, 0.6) is 0 Å². The van der Waals surface area contributed by atoms with E-state index in [-0.39, 0.29) is 11.9 Å². The van der Waals surface area contributed by atoms with Crippen LogP contribution in [0, 0.1) is 5.92 Å². The number of rotatable bonds is 5. The van der Waals surface area contributed by atoms with Crippen LogP contribution in [0.15, 0.2) is 48.8 Å². The van der Waals surface area contributed by atoms with Crippen LogP contribution in [0.4, 0.5) is 0 Å². The second-order valence-electron chi connectivity index (χ2n) is 8.26. The van der Waals surface area contributed by atoms with Crippen molar-refractivity contribution in [2.45, 2.75) is 31.7 Å². The summed E-state index contributed by atoms with van der Waals surface area (Å²) >= 11 is 0. The minimum atomic E-state index is -0.258. The number of methoxy groups -OCH3 is 1. The molecule has 2 saturated heterocycles. The lowest BCUT2D eigenvalue weighted by molar-refractivity contribution is 0.0596. The Morgan fingerprint density at radius 2 is 1.77 bits per heavy atom. The number of ether oxygens (including phenoxy) is 1. The van der Waals surface area contributed by atoms with Crippen molar-refractivity contribution < 1.29 is 14.3 Å². The monoisotopic (exact) mass is 407 g/mol. The van der Waals surface area contributed by atoms with E-state index in [1.165, 1.54) is 7.11 Å². The standard InChI is InChI=1S/C24H29N3O3/c1-30-24(29)22-5-3-2-4-20(22)16-18-8-13-27(17-18)21-9-14-26(15-10-21)23(28)19-6-11-25-12-7-19/h2-7,11-12,18,21H,8-10,13-17H2,1H3. The molecule has 2 aliphatic rings. The SMILES string of the molecule is COC(=O)c1ccccc1CC1CCN(C2CCN(C(=O)c3ccncc3)CC2)C1. The van der Waals surface area contributed by atoms with Gasteiger partial charge in [0.1, 0.15) is 0 Å². The molecule has 158 valence electrons. The number of benzene rings is 1. The number of hydrogen-bond donors (Lipinski definition) is 0. The van der Waals surface area contributed by atoms with Gasteiger partial charge in [-0.2, -0.15) is 0 Å². The van der Waals surface area contributed by atoms with E-state index < -0.39 is 0 Å². The summed E-state index contributed by atoms with van der Waals surface area (Å²) in [5, 5.41) is 0. The van der Waals surface area contributed by atoms with Crippen molar-refractivity contribution in [3.8, 4) is 0 Å². The summed E-state index contributed by atoms with van der Waals surface area (Å²) in [6.07, 6.45) is 7.42. The molecule has 0 spiro atoms. The third-order valence-corrected chi connectivity index (χ3v) is 6.44. The topological polar surface area (TPSA) is 62.7 Å². The Hall–Kier alpha value is -2.73. The molecule has 2 aromatic rings. The number of hydrogen-bond acceptors (Lipinski definition) is 5. The third kappa shape index (κ3) is 4.54. The first kappa shape index (κ1) is 20.5. The lowest BCUT2D eigenvalue weighted by atomic mass is 9.95. The van der Waals surface area contributed by atoms with Crippen LogP contribution in [-0.4, -0.2) is 66.0 Å². The second kappa shape index (κ2) is 9.39. The number of pyridine rings is 1. The Bertz CT molecular complexity index is 878. The Morgan fingerprint density at radius 1 is 1.03 bits per heavy atom. The highest BCUT2D eigenvalue weighted by Gasteiger charge is 2.32. The first-order valence-corrected chi connectivity index (χ1v) is 10.7. The number of carbonyl (C=O) groups is 2. The summed E-state index contributed by atoms with van der Waals surface area (Å²) in [6.45, 7) is 3.75. The van der Waals surface area contributed by atoms with E-state index in [1.54, 1.807) is 24.5 Å². The molecule has 1 unspecified atom stereocenters. The highest BCUT2D eigenvalue weighted by atomic mass is 16.5. The summed E-state index contributed by atoms with van der Waals surface area (Å²) in [7, 11) is 1.43. The average Bonchev–Trinajstić information content (AvgIpc) is 3.27. The van der Waals surface area contributed by atoms with E-state index in [9.17, 15) is 9.59 Å². The first-order valence-electron chi connectivity index (χ1n) is 10.7. The van der Waals surface area contributed by atoms with Gasteiger partial charge < -0.3 is 9.64 Å². The maximum atomic E-state index is 12.6. The molecule has 4 rings (SSSR count).